The highest BCUT2D eigenvalue weighted by Crippen LogP contribution is 2.29. The molecular weight excluding hydrogens is 532 g/mol. The second-order valence-corrected chi connectivity index (χ2v) is 9.39. The van der Waals surface area contributed by atoms with Gasteiger partial charge in [-0.15, -0.1) is 0 Å². The second kappa shape index (κ2) is 12.4. The zero-order valence-electron chi connectivity index (χ0n) is 20.4. The van der Waals surface area contributed by atoms with E-state index in [1.165, 1.54) is 0 Å². The number of rotatable bonds is 10. The van der Waals surface area contributed by atoms with E-state index in [0.717, 1.165) is 43.4 Å². The number of hydrogen-bond donors (Lipinski definition) is 2. The second-order valence-electron chi connectivity index (χ2n) is 8.48. The van der Waals surface area contributed by atoms with E-state index in [1.54, 1.807) is 12.1 Å². The van der Waals surface area contributed by atoms with Crippen molar-refractivity contribution < 1.29 is 24.5 Å². The van der Waals surface area contributed by atoms with Gasteiger partial charge in [-0.2, -0.15) is 0 Å². The van der Waals surface area contributed by atoms with Gasteiger partial charge in [-0.3, -0.25) is 0 Å². The first-order valence-electron chi connectivity index (χ1n) is 11.8. The fourth-order valence-corrected chi connectivity index (χ4v) is 4.18. The molecule has 0 unspecified atom stereocenters. The molecule has 0 heterocycles. The molecule has 2 N–H and O–H groups in total. The number of halogens is 1. The molecule has 0 saturated carbocycles. The number of hydrogen-bond acceptors (Lipinski definition) is 4. The topological polar surface area (TPSA) is 76.0 Å². The van der Waals surface area contributed by atoms with Gasteiger partial charge in [0, 0.05) is 4.47 Å². The van der Waals surface area contributed by atoms with E-state index >= 15 is 0 Å². The molecule has 37 heavy (non-hydrogen) atoms. The highest BCUT2D eigenvalue weighted by Gasteiger charge is 2.08. The lowest BCUT2D eigenvalue weighted by Gasteiger charge is -2.12. The number of aliphatic hydroxyl groups excluding tert-OH is 1. The number of aliphatic carboxylic acids is 1. The number of benzene rings is 4. The third-order valence-electron chi connectivity index (χ3n) is 5.86. The summed E-state index contributed by atoms with van der Waals surface area (Å²) in [6.07, 6.45) is 2.05. The van der Waals surface area contributed by atoms with Crippen LogP contribution in [0.2, 0.25) is 0 Å². The lowest BCUT2D eigenvalue weighted by molar-refractivity contribution is -0.139. The van der Waals surface area contributed by atoms with Crippen LogP contribution in [-0.4, -0.2) is 29.4 Å². The Bertz CT molecular complexity index is 1380. The Hall–Kier alpha value is -3.87. The lowest BCUT2D eigenvalue weighted by atomic mass is 9.95. The third-order valence-corrected chi connectivity index (χ3v) is 6.38. The van der Waals surface area contributed by atoms with Crippen molar-refractivity contribution in [2.24, 2.45) is 0 Å². The molecule has 0 aromatic heterocycles. The van der Waals surface area contributed by atoms with Crippen molar-refractivity contribution in [3.05, 3.63) is 124 Å². The van der Waals surface area contributed by atoms with Crippen LogP contribution in [0.1, 0.15) is 22.3 Å². The van der Waals surface area contributed by atoms with Crippen LogP contribution in [-0.2, 0) is 11.4 Å². The summed E-state index contributed by atoms with van der Waals surface area (Å²) in [6.45, 7) is 1.86. The monoisotopic (exact) mass is 558 g/mol. The number of ether oxygens (including phenoxy) is 2. The first-order valence-corrected chi connectivity index (χ1v) is 12.6. The summed E-state index contributed by atoms with van der Waals surface area (Å²) in [5.41, 5.74) is 7.06. The van der Waals surface area contributed by atoms with E-state index in [-0.39, 0.29) is 13.2 Å². The fourth-order valence-electron chi connectivity index (χ4n) is 3.91. The molecule has 4 rings (SSSR count). The maximum atomic E-state index is 10.8. The number of carbonyl (C=O) groups is 1. The van der Waals surface area contributed by atoms with Crippen molar-refractivity contribution in [3.8, 4) is 22.6 Å². The maximum absolute atomic E-state index is 10.8. The zero-order chi connectivity index (χ0) is 26.2. The Kier molecular flexibility index (Phi) is 8.77. The minimum atomic E-state index is -1.02. The molecule has 0 aliphatic rings. The number of aryl methyl sites for hydroxylation is 1. The van der Waals surface area contributed by atoms with Crippen molar-refractivity contribution in [3.63, 3.8) is 0 Å². The molecule has 0 spiro atoms. The summed E-state index contributed by atoms with van der Waals surface area (Å²) >= 11 is 3.51. The third kappa shape index (κ3) is 7.09. The van der Waals surface area contributed by atoms with Gasteiger partial charge in [-0.1, -0.05) is 76.6 Å². The smallest absolute Gasteiger partial charge is 0.341 e. The first kappa shape index (κ1) is 26.2. The SMILES string of the molecule is Cc1cc(OC/C=C(/c2ccc(Br)cc2)c2ccc(-c3ccc(CO)cc3)cc2)ccc1OCC(=O)O. The zero-order valence-corrected chi connectivity index (χ0v) is 21.9. The van der Waals surface area contributed by atoms with Gasteiger partial charge in [-0.05, 0) is 82.3 Å². The van der Waals surface area contributed by atoms with Crippen molar-refractivity contribution in [2.75, 3.05) is 13.2 Å². The Morgan fingerprint density at radius 2 is 1.43 bits per heavy atom. The minimum Gasteiger partial charge on any atom is -0.489 e. The summed E-state index contributed by atoms with van der Waals surface area (Å²) in [4.78, 5) is 10.8. The Balaban J connectivity index is 1.54. The van der Waals surface area contributed by atoms with E-state index in [9.17, 15) is 9.90 Å². The molecule has 5 nitrogen and oxygen atoms in total. The van der Waals surface area contributed by atoms with E-state index in [1.807, 2.05) is 49.4 Å². The predicted octanol–water partition coefficient (Wildman–Crippen LogP) is 6.89. The molecule has 0 radical (unpaired) electrons. The average molecular weight is 559 g/mol. The quantitative estimate of drug-likeness (QED) is 0.221. The van der Waals surface area contributed by atoms with Crippen LogP contribution in [0.5, 0.6) is 11.5 Å². The molecular formula is C31H27BrO5. The van der Waals surface area contributed by atoms with Gasteiger partial charge < -0.3 is 19.7 Å². The van der Waals surface area contributed by atoms with Gasteiger partial charge in [0.25, 0.3) is 0 Å². The lowest BCUT2D eigenvalue weighted by Crippen LogP contribution is -2.10. The molecule has 0 amide bonds. The van der Waals surface area contributed by atoms with E-state index in [2.05, 4.69) is 58.4 Å². The molecule has 4 aromatic rings. The van der Waals surface area contributed by atoms with Crippen molar-refractivity contribution in [1.82, 2.24) is 0 Å². The number of carboxylic acid groups (broad SMARTS) is 1. The molecule has 0 aliphatic heterocycles. The standard InChI is InChI=1S/C31H27BrO5/c1-21-18-28(14-15-30(21)37-20-31(34)35)36-17-16-29(26-10-12-27(32)13-11-26)25-8-6-24(7-9-25)23-4-2-22(19-33)3-5-23/h2-16,18,33H,17,19-20H2,1H3,(H,34,35)/b29-16+. The Labute approximate surface area is 224 Å². The summed E-state index contributed by atoms with van der Waals surface area (Å²) < 4.78 is 12.3. The Morgan fingerprint density at radius 1 is 0.838 bits per heavy atom. The molecule has 0 saturated heterocycles. The molecule has 0 atom stereocenters. The highest BCUT2D eigenvalue weighted by atomic mass is 79.9. The molecule has 0 bridgehead atoms. The van der Waals surface area contributed by atoms with Gasteiger partial charge in [0.05, 0.1) is 6.61 Å². The molecule has 4 aromatic carbocycles. The summed E-state index contributed by atoms with van der Waals surface area (Å²) in [5.74, 6) is 0.179. The van der Waals surface area contributed by atoms with Crippen molar-refractivity contribution in [1.29, 1.82) is 0 Å². The van der Waals surface area contributed by atoms with Crippen LogP contribution in [0.3, 0.4) is 0 Å². The predicted molar refractivity (Wildman–Crippen MR) is 149 cm³/mol. The van der Waals surface area contributed by atoms with Crippen LogP contribution in [0, 0.1) is 6.92 Å². The van der Waals surface area contributed by atoms with Crippen LogP contribution < -0.4 is 9.47 Å². The fraction of sp³-hybridized carbons (Fsp3) is 0.129. The van der Waals surface area contributed by atoms with Gasteiger partial charge >= 0.3 is 5.97 Å². The number of aliphatic hydroxyl groups is 1. The average Bonchev–Trinajstić information content (AvgIpc) is 2.91. The van der Waals surface area contributed by atoms with Gasteiger partial charge in [-0.25, -0.2) is 4.79 Å². The van der Waals surface area contributed by atoms with Crippen molar-refractivity contribution >= 4 is 27.5 Å². The van der Waals surface area contributed by atoms with Gasteiger partial charge in [0.15, 0.2) is 6.61 Å². The van der Waals surface area contributed by atoms with Crippen molar-refractivity contribution in [2.45, 2.75) is 13.5 Å². The summed E-state index contributed by atoms with van der Waals surface area (Å²) in [6, 6.07) is 29.8. The van der Waals surface area contributed by atoms with Crippen LogP contribution in [0.15, 0.2) is 102 Å². The summed E-state index contributed by atoms with van der Waals surface area (Å²) in [7, 11) is 0. The van der Waals surface area contributed by atoms with E-state index in [4.69, 9.17) is 14.6 Å². The van der Waals surface area contributed by atoms with Crippen LogP contribution >= 0.6 is 15.9 Å². The van der Waals surface area contributed by atoms with Crippen LogP contribution in [0.25, 0.3) is 16.7 Å². The molecule has 0 fully saturated rings. The normalized spacial score (nSPS) is 11.3. The van der Waals surface area contributed by atoms with E-state index < -0.39 is 5.97 Å². The Morgan fingerprint density at radius 3 is 2.00 bits per heavy atom. The van der Waals surface area contributed by atoms with Gasteiger partial charge in [0.2, 0.25) is 0 Å². The molecule has 6 heteroatoms. The van der Waals surface area contributed by atoms with Crippen LogP contribution in [0.4, 0.5) is 0 Å². The first-order chi connectivity index (χ1) is 17.9. The van der Waals surface area contributed by atoms with E-state index in [0.29, 0.717) is 18.1 Å². The highest BCUT2D eigenvalue weighted by molar-refractivity contribution is 9.10. The minimum absolute atomic E-state index is 0.0326. The number of carboxylic acids is 1. The molecule has 188 valence electrons. The van der Waals surface area contributed by atoms with Gasteiger partial charge in [0.1, 0.15) is 18.1 Å². The molecule has 0 aliphatic carbocycles. The summed E-state index contributed by atoms with van der Waals surface area (Å²) in [5, 5.41) is 18.1. The maximum Gasteiger partial charge on any atom is 0.341 e. The largest absolute Gasteiger partial charge is 0.489 e.